The molecular weight excluding hydrogens is 170 g/mol. The molecule has 13 heavy (non-hydrogen) atoms. The van der Waals surface area contributed by atoms with E-state index < -0.39 is 6.43 Å². The number of aryl methyl sites for hydroxylation is 1. The number of unbranched alkanes of at least 4 members (excludes halogenated alkanes) is 1. The third-order valence-corrected chi connectivity index (χ3v) is 1.82. The predicted molar refractivity (Wildman–Crippen MR) is 49.7 cm³/mol. The Balaban J connectivity index is 2.13. The van der Waals surface area contributed by atoms with Crippen molar-refractivity contribution in [2.75, 3.05) is 0 Å². The molecule has 0 N–H and O–H groups in total. The van der Waals surface area contributed by atoms with Crippen molar-refractivity contribution in [3.63, 3.8) is 0 Å². The van der Waals surface area contributed by atoms with Crippen LogP contribution in [0.3, 0.4) is 0 Å². The number of alkyl halides is 2. The highest BCUT2D eigenvalue weighted by Crippen LogP contribution is 2.08. The third kappa shape index (κ3) is 4.61. The summed E-state index contributed by atoms with van der Waals surface area (Å²) < 4.78 is 23.5. The Morgan fingerprint density at radius 2 is 1.85 bits per heavy atom. The van der Waals surface area contributed by atoms with E-state index in [-0.39, 0.29) is 6.42 Å². The molecule has 0 unspecified atom stereocenters. The van der Waals surface area contributed by atoms with Gasteiger partial charge < -0.3 is 0 Å². The molecule has 0 atom stereocenters. The number of halogens is 2. The molecule has 1 radical (unpaired) electrons. The lowest BCUT2D eigenvalue weighted by Crippen LogP contribution is -1.92. The Kier molecular flexibility index (Phi) is 4.44. The minimum atomic E-state index is -2.20. The van der Waals surface area contributed by atoms with Crippen LogP contribution in [-0.2, 0) is 6.42 Å². The van der Waals surface area contributed by atoms with E-state index in [9.17, 15) is 8.78 Å². The molecule has 0 saturated carbocycles. The lowest BCUT2D eigenvalue weighted by Gasteiger charge is -2.00. The number of hydrogen-bond donors (Lipinski definition) is 0. The summed E-state index contributed by atoms with van der Waals surface area (Å²) in [6.07, 6.45) is 0.947. The molecule has 0 aliphatic rings. The Hall–Kier alpha value is -0.920. The summed E-state index contributed by atoms with van der Waals surface area (Å²) in [5.74, 6) is 0. The van der Waals surface area contributed by atoms with Crippen LogP contribution in [0.2, 0.25) is 0 Å². The SMILES string of the molecule is FC(F)C[CH]CCc1ccccc1. The van der Waals surface area contributed by atoms with Crippen LogP contribution < -0.4 is 0 Å². The van der Waals surface area contributed by atoms with Crippen molar-refractivity contribution < 1.29 is 8.78 Å². The van der Waals surface area contributed by atoms with Gasteiger partial charge in [0.1, 0.15) is 0 Å². The van der Waals surface area contributed by atoms with E-state index in [1.54, 1.807) is 6.42 Å². The maximum Gasteiger partial charge on any atom is 0.238 e. The van der Waals surface area contributed by atoms with Gasteiger partial charge in [0.05, 0.1) is 0 Å². The zero-order valence-electron chi connectivity index (χ0n) is 7.42. The Bertz CT molecular complexity index is 219. The molecule has 0 spiro atoms. The van der Waals surface area contributed by atoms with Gasteiger partial charge in [-0.25, -0.2) is 8.78 Å². The van der Waals surface area contributed by atoms with Crippen LogP contribution in [0.25, 0.3) is 0 Å². The summed E-state index contributed by atoms with van der Waals surface area (Å²) in [4.78, 5) is 0. The first-order chi connectivity index (χ1) is 6.29. The smallest absolute Gasteiger partial charge is 0.211 e. The van der Waals surface area contributed by atoms with Gasteiger partial charge in [-0.3, -0.25) is 0 Å². The van der Waals surface area contributed by atoms with Gasteiger partial charge in [-0.15, -0.1) is 0 Å². The fourth-order valence-corrected chi connectivity index (χ4v) is 1.16. The molecule has 1 aromatic rings. The second-order valence-electron chi connectivity index (χ2n) is 2.94. The monoisotopic (exact) mass is 183 g/mol. The molecule has 71 valence electrons. The summed E-state index contributed by atoms with van der Waals surface area (Å²) in [6, 6.07) is 9.89. The fraction of sp³-hybridized carbons (Fsp3) is 0.364. The first-order valence-corrected chi connectivity index (χ1v) is 4.43. The van der Waals surface area contributed by atoms with Crippen molar-refractivity contribution >= 4 is 0 Å². The van der Waals surface area contributed by atoms with Gasteiger partial charge in [-0.05, 0) is 24.8 Å². The second-order valence-corrected chi connectivity index (χ2v) is 2.94. The van der Waals surface area contributed by atoms with Gasteiger partial charge in [0, 0.05) is 6.42 Å². The van der Waals surface area contributed by atoms with Crippen molar-refractivity contribution in [3.8, 4) is 0 Å². The molecule has 0 aromatic heterocycles. The van der Waals surface area contributed by atoms with Gasteiger partial charge in [-0.2, -0.15) is 0 Å². The summed E-state index contributed by atoms with van der Waals surface area (Å²) in [6.45, 7) is 0. The largest absolute Gasteiger partial charge is 0.238 e. The normalized spacial score (nSPS) is 10.7. The van der Waals surface area contributed by atoms with E-state index in [0.717, 1.165) is 12.8 Å². The van der Waals surface area contributed by atoms with Gasteiger partial charge in [0.15, 0.2) is 0 Å². The van der Waals surface area contributed by atoms with Crippen LogP contribution in [0.5, 0.6) is 0 Å². The van der Waals surface area contributed by atoms with Crippen molar-refractivity contribution in [1.82, 2.24) is 0 Å². The van der Waals surface area contributed by atoms with Crippen molar-refractivity contribution in [1.29, 1.82) is 0 Å². The van der Waals surface area contributed by atoms with Gasteiger partial charge >= 0.3 is 0 Å². The fourth-order valence-electron chi connectivity index (χ4n) is 1.16. The summed E-state index contributed by atoms with van der Waals surface area (Å²) in [7, 11) is 0. The van der Waals surface area contributed by atoms with E-state index in [1.807, 2.05) is 30.3 Å². The molecule has 0 amide bonds. The Morgan fingerprint density at radius 1 is 1.15 bits per heavy atom. The van der Waals surface area contributed by atoms with E-state index in [4.69, 9.17) is 0 Å². The zero-order valence-corrected chi connectivity index (χ0v) is 7.42. The van der Waals surface area contributed by atoms with E-state index >= 15 is 0 Å². The summed E-state index contributed by atoms with van der Waals surface area (Å²) >= 11 is 0. The number of hydrogen-bond acceptors (Lipinski definition) is 0. The summed E-state index contributed by atoms with van der Waals surface area (Å²) in [5.41, 5.74) is 1.20. The average molecular weight is 183 g/mol. The van der Waals surface area contributed by atoms with Gasteiger partial charge in [-0.1, -0.05) is 30.3 Å². The van der Waals surface area contributed by atoms with Crippen LogP contribution in [0.15, 0.2) is 30.3 Å². The molecule has 0 bridgehead atoms. The lowest BCUT2D eigenvalue weighted by molar-refractivity contribution is 0.146. The molecule has 1 aromatic carbocycles. The van der Waals surface area contributed by atoms with Crippen molar-refractivity contribution in [2.45, 2.75) is 25.7 Å². The van der Waals surface area contributed by atoms with E-state index in [2.05, 4.69) is 0 Å². The first-order valence-electron chi connectivity index (χ1n) is 4.43. The zero-order chi connectivity index (χ0) is 9.52. The van der Waals surface area contributed by atoms with Crippen LogP contribution in [0.1, 0.15) is 18.4 Å². The standard InChI is InChI=1S/C11H13F2/c12-11(13)9-5-4-8-10-6-2-1-3-7-10/h1-3,5-7,11H,4,8-9H2. The second kappa shape index (κ2) is 5.68. The van der Waals surface area contributed by atoms with E-state index in [0.29, 0.717) is 0 Å². The molecule has 0 aliphatic carbocycles. The summed E-state index contributed by atoms with van der Waals surface area (Å²) in [5, 5.41) is 0. The average Bonchev–Trinajstić information content (AvgIpc) is 2.14. The van der Waals surface area contributed by atoms with Crippen molar-refractivity contribution in [2.24, 2.45) is 0 Å². The highest BCUT2D eigenvalue weighted by molar-refractivity contribution is 5.14. The lowest BCUT2D eigenvalue weighted by atomic mass is 10.1. The Morgan fingerprint density at radius 3 is 2.46 bits per heavy atom. The van der Waals surface area contributed by atoms with Gasteiger partial charge in [0.2, 0.25) is 6.43 Å². The number of rotatable bonds is 5. The molecule has 0 nitrogen and oxygen atoms in total. The minimum absolute atomic E-state index is 0.0904. The van der Waals surface area contributed by atoms with Crippen LogP contribution >= 0.6 is 0 Å². The van der Waals surface area contributed by atoms with Crippen molar-refractivity contribution in [3.05, 3.63) is 42.3 Å². The van der Waals surface area contributed by atoms with Crippen LogP contribution in [0.4, 0.5) is 8.78 Å². The van der Waals surface area contributed by atoms with Crippen LogP contribution in [0, 0.1) is 6.42 Å². The van der Waals surface area contributed by atoms with Gasteiger partial charge in [0.25, 0.3) is 0 Å². The highest BCUT2D eigenvalue weighted by Gasteiger charge is 2.01. The maximum absolute atomic E-state index is 11.7. The predicted octanol–water partition coefficient (Wildman–Crippen LogP) is 3.48. The third-order valence-electron chi connectivity index (χ3n) is 1.82. The molecule has 0 aliphatic heterocycles. The maximum atomic E-state index is 11.7. The van der Waals surface area contributed by atoms with E-state index in [1.165, 1.54) is 5.56 Å². The quantitative estimate of drug-likeness (QED) is 0.613. The molecule has 0 saturated heterocycles. The minimum Gasteiger partial charge on any atom is -0.211 e. The molecular formula is C11H13F2. The first kappa shape index (κ1) is 10.2. The van der Waals surface area contributed by atoms with Crippen LogP contribution in [-0.4, -0.2) is 6.43 Å². The number of benzene rings is 1. The molecule has 2 heteroatoms. The molecule has 0 fully saturated rings. The molecule has 1 rings (SSSR count). The molecule has 0 heterocycles. The Labute approximate surface area is 77.6 Å². The topological polar surface area (TPSA) is 0 Å². The highest BCUT2D eigenvalue weighted by atomic mass is 19.3.